The van der Waals surface area contributed by atoms with E-state index in [1.54, 1.807) is 0 Å². The minimum atomic E-state index is 0.417. The van der Waals surface area contributed by atoms with Crippen LogP contribution in [-0.2, 0) is 13.1 Å². The molecule has 0 aromatic heterocycles. The van der Waals surface area contributed by atoms with Gasteiger partial charge in [0.1, 0.15) is 0 Å². The van der Waals surface area contributed by atoms with Crippen molar-refractivity contribution in [2.75, 3.05) is 39.8 Å². The quantitative estimate of drug-likeness (QED) is 0.437. The maximum atomic E-state index is 4.44. The Morgan fingerprint density at radius 2 is 1.79 bits per heavy atom. The van der Waals surface area contributed by atoms with E-state index in [4.69, 9.17) is 0 Å². The number of hydrogen-bond acceptors (Lipinski definition) is 3. The zero-order valence-corrected chi connectivity index (χ0v) is 19.2. The van der Waals surface area contributed by atoms with E-state index in [1.807, 2.05) is 7.05 Å². The van der Waals surface area contributed by atoms with Crippen LogP contribution in [0.4, 0.5) is 0 Å². The fourth-order valence-electron chi connectivity index (χ4n) is 4.08. The first-order valence-electron chi connectivity index (χ1n) is 11.6. The second-order valence-electron chi connectivity index (χ2n) is 8.25. The van der Waals surface area contributed by atoms with E-state index in [0.717, 1.165) is 38.6 Å². The van der Waals surface area contributed by atoms with E-state index in [2.05, 4.69) is 70.5 Å². The lowest BCUT2D eigenvalue weighted by Crippen LogP contribution is -2.42. The van der Waals surface area contributed by atoms with Crippen molar-refractivity contribution in [3.05, 3.63) is 35.4 Å². The number of nitrogens with zero attached hydrogens (tertiary/aromatic N) is 3. The summed E-state index contributed by atoms with van der Waals surface area (Å²) >= 11 is 0. The average molecular weight is 402 g/mol. The van der Waals surface area contributed by atoms with Crippen molar-refractivity contribution in [3.63, 3.8) is 0 Å². The van der Waals surface area contributed by atoms with Gasteiger partial charge in [0.2, 0.25) is 0 Å². The van der Waals surface area contributed by atoms with E-state index in [9.17, 15) is 0 Å². The Bertz CT molecular complexity index is 591. The lowest BCUT2D eigenvalue weighted by atomic mass is 10.0. The summed E-state index contributed by atoms with van der Waals surface area (Å²) in [5.74, 6) is 0.896. The first-order valence-corrected chi connectivity index (χ1v) is 11.6. The summed E-state index contributed by atoms with van der Waals surface area (Å²) in [6, 6.07) is 9.24. The lowest BCUT2D eigenvalue weighted by Gasteiger charge is -2.27. The molecule has 1 heterocycles. The summed E-state index contributed by atoms with van der Waals surface area (Å²) in [4.78, 5) is 9.51. The molecule has 0 saturated carbocycles. The van der Waals surface area contributed by atoms with Crippen LogP contribution >= 0.6 is 0 Å². The molecule has 1 aliphatic rings. The van der Waals surface area contributed by atoms with Gasteiger partial charge in [-0.1, -0.05) is 44.5 Å². The van der Waals surface area contributed by atoms with E-state index >= 15 is 0 Å². The maximum absolute atomic E-state index is 4.44. The average Bonchev–Trinajstić information content (AvgIpc) is 2.76. The summed E-state index contributed by atoms with van der Waals surface area (Å²) in [5, 5.41) is 7.08. The topological polar surface area (TPSA) is 42.9 Å². The first kappa shape index (κ1) is 23.7. The van der Waals surface area contributed by atoms with Crippen LogP contribution in [-0.4, -0.2) is 61.6 Å². The van der Waals surface area contributed by atoms with Crippen molar-refractivity contribution in [2.45, 2.75) is 72.0 Å². The van der Waals surface area contributed by atoms with Crippen LogP contribution in [0.25, 0.3) is 0 Å². The second-order valence-corrected chi connectivity index (χ2v) is 8.25. The second kappa shape index (κ2) is 13.6. The van der Waals surface area contributed by atoms with Crippen molar-refractivity contribution in [3.8, 4) is 0 Å². The highest BCUT2D eigenvalue weighted by atomic mass is 15.2. The van der Waals surface area contributed by atoms with Crippen molar-refractivity contribution >= 4 is 5.96 Å². The fraction of sp³-hybridized carbons (Fsp3) is 0.708. The molecule has 1 aromatic rings. The van der Waals surface area contributed by atoms with Crippen LogP contribution in [0.1, 0.15) is 64.0 Å². The molecule has 0 bridgehead atoms. The molecule has 1 aliphatic heterocycles. The van der Waals surface area contributed by atoms with Gasteiger partial charge in [-0.05, 0) is 76.5 Å². The Labute approximate surface area is 179 Å². The van der Waals surface area contributed by atoms with Gasteiger partial charge in [-0.25, -0.2) is 0 Å². The highest BCUT2D eigenvalue weighted by molar-refractivity contribution is 5.79. The molecule has 5 heteroatoms. The van der Waals surface area contributed by atoms with Crippen molar-refractivity contribution in [2.24, 2.45) is 4.99 Å². The number of hydrogen-bond donors (Lipinski definition) is 2. The molecule has 0 spiro atoms. The van der Waals surface area contributed by atoms with E-state index in [-0.39, 0.29) is 0 Å². The number of likely N-dealkylation sites (tertiary alicyclic amines) is 1. The van der Waals surface area contributed by atoms with Gasteiger partial charge in [-0.3, -0.25) is 9.89 Å². The molecule has 0 radical (unpaired) electrons. The third-order valence-corrected chi connectivity index (χ3v) is 6.02. The molecule has 5 nitrogen and oxygen atoms in total. The van der Waals surface area contributed by atoms with Gasteiger partial charge in [0.15, 0.2) is 5.96 Å². The van der Waals surface area contributed by atoms with Crippen LogP contribution in [0.3, 0.4) is 0 Å². The molecule has 1 atom stereocenters. The molecule has 2 N–H and O–H groups in total. The Kier molecular flexibility index (Phi) is 11.1. The largest absolute Gasteiger partial charge is 0.354 e. The van der Waals surface area contributed by atoms with Crippen LogP contribution in [0, 0.1) is 0 Å². The first-order chi connectivity index (χ1) is 14.2. The Morgan fingerprint density at radius 1 is 1.10 bits per heavy atom. The normalized spacial score (nSPS) is 16.8. The van der Waals surface area contributed by atoms with E-state index in [1.165, 1.54) is 56.4 Å². The third-order valence-electron chi connectivity index (χ3n) is 6.02. The predicted molar refractivity (Wildman–Crippen MR) is 125 cm³/mol. The molecule has 1 aromatic carbocycles. The van der Waals surface area contributed by atoms with Crippen molar-refractivity contribution in [1.29, 1.82) is 0 Å². The Morgan fingerprint density at radius 3 is 2.45 bits per heavy atom. The molecule has 1 saturated heterocycles. The standard InChI is InChI=1S/C24H43N5/c1-5-28(6-2)18-12-13-21(3)27-24(25-4)26-19-22-14-8-9-15-23(22)20-29-16-10-7-11-17-29/h8-9,14-15,21H,5-7,10-13,16-20H2,1-4H3,(H2,25,26,27). The zero-order valence-electron chi connectivity index (χ0n) is 19.2. The lowest BCUT2D eigenvalue weighted by molar-refractivity contribution is 0.220. The fourth-order valence-corrected chi connectivity index (χ4v) is 4.08. The maximum Gasteiger partial charge on any atom is 0.191 e. The molecular weight excluding hydrogens is 358 g/mol. The SMILES string of the molecule is CCN(CC)CCCC(C)NC(=NC)NCc1ccccc1CN1CCCCC1. The number of benzene rings is 1. The number of nitrogens with one attached hydrogen (secondary N) is 2. The van der Waals surface area contributed by atoms with Gasteiger partial charge >= 0.3 is 0 Å². The minimum Gasteiger partial charge on any atom is -0.354 e. The summed E-state index contributed by atoms with van der Waals surface area (Å²) in [6.45, 7) is 14.5. The summed E-state index contributed by atoms with van der Waals surface area (Å²) in [5.41, 5.74) is 2.81. The minimum absolute atomic E-state index is 0.417. The van der Waals surface area contributed by atoms with Gasteiger partial charge < -0.3 is 15.5 Å². The van der Waals surface area contributed by atoms with E-state index < -0.39 is 0 Å². The molecule has 0 amide bonds. The van der Waals surface area contributed by atoms with E-state index in [0.29, 0.717) is 6.04 Å². The van der Waals surface area contributed by atoms with Gasteiger partial charge in [-0.15, -0.1) is 0 Å². The summed E-state index contributed by atoms with van der Waals surface area (Å²) < 4.78 is 0. The number of guanidine groups is 1. The van der Waals surface area contributed by atoms with Gasteiger partial charge in [-0.2, -0.15) is 0 Å². The van der Waals surface area contributed by atoms with Crippen molar-refractivity contribution in [1.82, 2.24) is 20.4 Å². The molecule has 164 valence electrons. The highest BCUT2D eigenvalue weighted by Gasteiger charge is 2.13. The smallest absolute Gasteiger partial charge is 0.191 e. The van der Waals surface area contributed by atoms with Crippen LogP contribution < -0.4 is 10.6 Å². The summed E-state index contributed by atoms with van der Waals surface area (Å²) in [7, 11) is 1.86. The van der Waals surface area contributed by atoms with Crippen LogP contribution in [0.5, 0.6) is 0 Å². The Balaban J connectivity index is 1.79. The van der Waals surface area contributed by atoms with Gasteiger partial charge in [0.05, 0.1) is 0 Å². The number of aliphatic imine (C=N–C) groups is 1. The van der Waals surface area contributed by atoms with Gasteiger partial charge in [0, 0.05) is 26.2 Å². The van der Waals surface area contributed by atoms with Crippen molar-refractivity contribution < 1.29 is 0 Å². The molecule has 2 rings (SSSR count). The monoisotopic (exact) mass is 401 g/mol. The van der Waals surface area contributed by atoms with Gasteiger partial charge in [0.25, 0.3) is 0 Å². The van der Waals surface area contributed by atoms with Crippen LogP contribution in [0.2, 0.25) is 0 Å². The number of piperidine rings is 1. The summed E-state index contributed by atoms with van der Waals surface area (Å²) in [6.07, 6.45) is 6.43. The third kappa shape index (κ3) is 8.75. The number of rotatable bonds is 11. The highest BCUT2D eigenvalue weighted by Crippen LogP contribution is 2.16. The molecule has 29 heavy (non-hydrogen) atoms. The Hall–Kier alpha value is -1.59. The van der Waals surface area contributed by atoms with Crippen LogP contribution in [0.15, 0.2) is 29.3 Å². The molecule has 1 fully saturated rings. The molecule has 0 aliphatic carbocycles. The molecular formula is C24H43N5. The molecule has 1 unspecified atom stereocenters. The predicted octanol–water partition coefficient (Wildman–Crippen LogP) is 3.85. The zero-order chi connectivity index (χ0) is 20.9.